The number of anilines is 1. The standard InChI is InChI=1S/C10H12Cl3N3O/c1-4(2)7(9(14)17)15-10-6(12)3-5(11)8(13)16-10/h3-4,7H,1-2H3,(H2,14,17)(H,15,16). The van der Waals surface area contributed by atoms with Crippen molar-refractivity contribution in [3.05, 3.63) is 21.3 Å². The molecule has 1 rings (SSSR count). The van der Waals surface area contributed by atoms with Crippen LogP contribution in [0.15, 0.2) is 6.07 Å². The van der Waals surface area contributed by atoms with Crippen molar-refractivity contribution in [3.8, 4) is 0 Å². The minimum absolute atomic E-state index is 0.000166. The second kappa shape index (κ2) is 5.76. The van der Waals surface area contributed by atoms with Gasteiger partial charge in [0.2, 0.25) is 5.91 Å². The number of nitrogens with one attached hydrogen (secondary N) is 1. The number of nitrogens with two attached hydrogens (primary N) is 1. The van der Waals surface area contributed by atoms with Crippen LogP contribution in [-0.4, -0.2) is 16.9 Å². The average molecular weight is 297 g/mol. The van der Waals surface area contributed by atoms with Crippen molar-refractivity contribution >= 4 is 46.5 Å². The molecule has 0 saturated heterocycles. The minimum atomic E-state index is -0.572. The molecule has 3 N–H and O–H groups in total. The molecule has 94 valence electrons. The Labute approximate surface area is 114 Å². The summed E-state index contributed by atoms with van der Waals surface area (Å²) in [5.74, 6) is -0.192. The molecule has 0 aliphatic rings. The van der Waals surface area contributed by atoms with Crippen molar-refractivity contribution < 1.29 is 4.79 Å². The summed E-state index contributed by atoms with van der Waals surface area (Å²) in [4.78, 5) is 15.2. The van der Waals surface area contributed by atoms with Gasteiger partial charge in [-0.3, -0.25) is 4.79 Å². The van der Waals surface area contributed by atoms with Crippen molar-refractivity contribution in [2.45, 2.75) is 19.9 Å². The van der Waals surface area contributed by atoms with E-state index in [2.05, 4.69) is 10.3 Å². The van der Waals surface area contributed by atoms with Crippen molar-refractivity contribution in [1.82, 2.24) is 4.98 Å². The lowest BCUT2D eigenvalue weighted by Gasteiger charge is -2.20. The van der Waals surface area contributed by atoms with E-state index in [1.807, 2.05) is 13.8 Å². The minimum Gasteiger partial charge on any atom is -0.368 e. The monoisotopic (exact) mass is 295 g/mol. The van der Waals surface area contributed by atoms with E-state index in [1.165, 1.54) is 6.07 Å². The lowest BCUT2D eigenvalue weighted by molar-refractivity contribution is -0.119. The van der Waals surface area contributed by atoms with Gasteiger partial charge in [-0.2, -0.15) is 0 Å². The summed E-state index contributed by atoms with van der Waals surface area (Å²) in [7, 11) is 0. The van der Waals surface area contributed by atoms with Gasteiger partial charge >= 0.3 is 0 Å². The Morgan fingerprint density at radius 3 is 2.41 bits per heavy atom. The molecule has 7 heteroatoms. The lowest BCUT2D eigenvalue weighted by Crippen LogP contribution is -2.39. The molecule has 1 heterocycles. The van der Waals surface area contributed by atoms with E-state index in [1.54, 1.807) is 0 Å². The van der Waals surface area contributed by atoms with Gasteiger partial charge in [0, 0.05) is 0 Å². The Morgan fingerprint density at radius 2 is 1.94 bits per heavy atom. The molecule has 1 atom stereocenters. The molecule has 0 aromatic carbocycles. The van der Waals surface area contributed by atoms with E-state index in [0.29, 0.717) is 5.82 Å². The zero-order valence-corrected chi connectivity index (χ0v) is 11.6. The maximum atomic E-state index is 11.2. The molecule has 0 aliphatic heterocycles. The molecule has 1 unspecified atom stereocenters. The van der Waals surface area contributed by atoms with Gasteiger partial charge in [0.25, 0.3) is 0 Å². The zero-order valence-electron chi connectivity index (χ0n) is 9.30. The molecule has 0 bridgehead atoms. The highest BCUT2D eigenvalue weighted by molar-refractivity contribution is 6.42. The Morgan fingerprint density at radius 1 is 1.35 bits per heavy atom. The number of amides is 1. The first kappa shape index (κ1) is 14.4. The van der Waals surface area contributed by atoms with E-state index in [9.17, 15) is 4.79 Å². The number of rotatable bonds is 4. The first-order chi connectivity index (χ1) is 7.82. The Hall–Kier alpha value is -0.710. The first-order valence-electron chi connectivity index (χ1n) is 4.90. The van der Waals surface area contributed by atoms with Gasteiger partial charge in [-0.05, 0) is 12.0 Å². The molecule has 1 amide bonds. The molecule has 1 aromatic heterocycles. The van der Waals surface area contributed by atoms with Crippen LogP contribution in [0.25, 0.3) is 0 Å². The third-order valence-electron chi connectivity index (χ3n) is 2.15. The number of carbonyl (C=O) groups excluding carboxylic acids is 1. The van der Waals surface area contributed by atoms with Crippen molar-refractivity contribution in [3.63, 3.8) is 0 Å². The fourth-order valence-corrected chi connectivity index (χ4v) is 1.81. The summed E-state index contributed by atoms with van der Waals surface area (Å²) in [6.07, 6.45) is 0. The molecule has 0 fully saturated rings. The second-order valence-corrected chi connectivity index (χ2v) is 5.03. The highest BCUT2D eigenvalue weighted by Gasteiger charge is 2.21. The van der Waals surface area contributed by atoms with E-state index in [-0.39, 0.29) is 21.1 Å². The molecular formula is C10H12Cl3N3O. The van der Waals surface area contributed by atoms with Crippen molar-refractivity contribution in [2.24, 2.45) is 11.7 Å². The maximum Gasteiger partial charge on any atom is 0.240 e. The topological polar surface area (TPSA) is 68.0 Å². The van der Waals surface area contributed by atoms with E-state index in [0.717, 1.165) is 0 Å². The van der Waals surface area contributed by atoms with Crippen LogP contribution in [0, 0.1) is 5.92 Å². The number of pyridine rings is 1. The smallest absolute Gasteiger partial charge is 0.240 e. The third-order valence-corrected chi connectivity index (χ3v) is 3.11. The highest BCUT2D eigenvalue weighted by atomic mass is 35.5. The Balaban J connectivity index is 3.01. The largest absolute Gasteiger partial charge is 0.368 e. The van der Waals surface area contributed by atoms with Crippen LogP contribution in [0.2, 0.25) is 15.2 Å². The van der Waals surface area contributed by atoms with Gasteiger partial charge in [-0.1, -0.05) is 48.7 Å². The number of halogens is 3. The van der Waals surface area contributed by atoms with E-state index in [4.69, 9.17) is 40.5 Å². The molecule has 4 nitrogen and oxygen atoms in total. The summed E-state index contributed by atoms with van der Waals surface area (Å²) in [5, 5.41) is 3.51. The van der Waals surface area contributed by atoms with Gasteiger partial charge < -0.3 is 11.1 Å². The summed E-state index contributed by atoms with van der Waals surface area (Å²) >= 11 is 17.5. The third kappa shape index (κ3) is 3.63. The summed E-state index contributed by atoms with van der Waals surface area (Å²) in [5.41, 5.74) is 5.27. The van der Waals surface area contributed by atoms with Crippen LogP contribution < -0.4 is 11.1 Å². The Kier molecular flexibility index (Phi) is 4.86. The first-order valence-corrected chi connectivity index (χ1v) is 6.03. The summed E-state index contributed by atoms with van der Waals surface area (Å²) in [6, 6.07) is 0.885. The molecule has 0 spiro atoms. The zero-order chi connectivity index (χ0) is 13.2. The predicted octanol–water partition coefficient (Wildman–Crippen LogP) is 2.96. The van der Waals surface area contributed by atoms with Crippen LogP contribution in [-0.2, 0) is 4.79 Å². The Bertz CT molecular complexity index is 437. The number of primary amides is 1. The van der Waals surface area contributed by atoms with Gasteiger partial charge in [-0.15, -0.1) is 0 Å². The fraction of sp³-hybridized carbons (Fsp3) is 0.400. The predicted molar refractivity (Wildman–Crippen MR) is 70.7 cm³/mol. The molecular weight excluding hydrogens is 284 g/mol. The van der Waals surface area contributed by atoms with Crippen molar-refractivity contribution in [1.29, 1.82) is 0 Å². The lowest BCUT2D eigenvalue weighted by atomic mass is 10.0. The van der Waals surface area contributed by atoms with Crippen LogP contribution in [0.5, 0.6) is 0 Å². The van der Waals surface area contributed by atoms with Crippen LogP contribution >= 0.6 is 34.8 Å². The number of aromatic nitrogens is 1. The highest BCUT2D eigenvalue weighted by Crippen LogP contribution is 2.29. The van der Waals surface area contributed by atoms with Crippen LogP contribution in [0.4, 0.5) is 5.82 Å². The maximum absolute atomic E-state index is 11.2. The van der Waals surface area contributed by atoms with E-state index >= 15 is 0 Å². The van der Waals surface area contributed by atoms with Gasteiger partial charge in [-0.25, -0.2) is 4.98 Å². The number of carbonyl (C=O) groups is 1. The van der Waals surface area contributed by atoms with Gasteiger partial charge in [0.05, 0.1) is 10.0 Å². The number of nitrogens with zero attached hydrogens (tertiary/aromatic N) is 1. The molecule has 0 radical (unpaired) electrons. The summed E-state index contributed by atoms with van der Waals surface area (Å²) < 4.78 is 0. The van der Waals surface area contributed by atoms with Crippen molar-refractivity contribution in [2.75, 3.05) is 5.32 Å². The molecule has 1 aromatic rings. The quantitative estimate of drug-likeness (QED) is 0.839. The number of hydrogen-bond acceptors (Lipinski definition) is 3. The van der Waals surface area contributed by atoms with Gasteiger partial charge in [0.15, 0.2) is 0 Å². The van der Waals surface area contributed by atoms with Crippen LogP contribution in [0.1, 0.15) is 13.8 Å². The average Bonchev–Trinajstić information content (AvgIpc) is 2.20. The van der Waals surface area contributed by atoms with E-state index < -0.39 is 11.9 Å². The normalized spacial score (nSPS) is 12.6. The van der Waals surface area contributed by atoms with Crippen LogP contribution in [0.3, 0.4) is 0 Å². The molecule has 17 heavy (non-hydrogen) atoms. The SMILES string of the molecule is CC(C)C(Nc1nc(Cl)c(Cl)cc1Cl)C(N)=O. The number of hydrogen-bond donors (Lipinski definition) is 2. The summed E-state index contributed by atoms with van der Waals surface area (Å²) in [6.45, 7) is 3.71. The second-order valence-electron chi connectivity index (χ2n) is 3.86. The fourth-order valence-electron chi connectivity index (χ4n) is 1.26. The molecule has 0 saturated carbocycles. The van der Waals surface area contributed by atoms with Gasteiger partial charge in [0.1, 0.15) is 17.0 Å². The molecule has 0 aliphatic carbocycles.